The van der Waals surface area contributed by atoms with Crippen LogP contribution in [0.1, 0.15) is 24.0 Å². The lowest BCUT2D eigenvalue weighted by Gasteiger charge is -2.32. The highest BCUT2D eigenvalue weighted by molar-refractivity contribution is 5.93. The SMILES string of the molecule is Cc1ccccc1Oc1cccc(NC(=O)C2CCN(c3ncnc4[nH]cc(C)c34)CC2)c1. The zero-order valence-corrected chi connectivity index (χ0v) is 18.8. The number of H-pyrrole nitrogens is 1. The van der Waals surface area contributed by atoms with Gasteiger partial charge in [0.05, 0.1) is 5.39 Å². The van der Waals surface area contributed by atoms with E-state index in [0.29, 0.717) is 5.75 Å². The maximum atomic E-state index is 13.0. The third-order valence-electron chi connectivity index (χ3n) is 6.24. The maximum Gasteiger partial charge on any atom is 0.227 e. The molecule has 0 unspecified atom stereocenters. The predicted molar refractivity (Wildman–Crippen MR) is 130 cm³/mol. The quantitative estimate of drug-likeness (QED) is 0.444. The standard InChI is InChI=1S/C26H27N5O2/c1-17-6-3-4-9-22(17)33-21-8-5-7-20(14-21)30-26(32)19-10-12-31(13-11-19)25-23-18(2)15-27-24(23)28-16-29-25/h3-9,14-16,19H,10-13H2,1-2H3,(H,30,32)(H,27,28,29). The third-order valence-corrected chi connectivity index (χ3v) is 6.24. The van der Waals surface area contributed by atoms with E-state index in [4.69, 9.17) is 4.74 Å². The molecule has 4 aromatic rings. The Balaban J connectivity index is 1.22. The topological polar surface area (TPSA) is 83.1 Å². The number of anilines is 2. The molecule has 2 aromatic carbocycles. The van der Waals surface area contributed by atoms with Gasteiger partial charge in [0.15, 0.2) is 0 Å². The van der Waals surface area contributed by atoms with E-state index in [1.807, 2.05) is 61.7 Å². The molecular weight excluding hydrogens is 414 g/mol. The average Bonchev–Trinajstić information content (AvgIpc) is 3.22. The van der Waals surface area contributed by atoms with Crippen molar-refractivity contribution >= 4 is 28.4 Å². The molecule has 1 saturated heterocycles. The molecule has 3 heterocycles. The lowest BCUT2D eigenvalue weighted by molar-refractivity contribution is -0.120. The molecule has 1 amide bonds. The Bertz CT molecular complexity index is 1290. The molecule has 0 radical (unpaired) electrons. The van der Waals surface area contributed by atoms with E-state index in [1.54, 1.807) is 6.33 Å². The number of amides is 1. The zero-order valence-electron chi connectivity index (χ0n) is 18.8. The van der Waals surface area contributed by atoms with Crippen LogP contribution in [0.5, 0.6) is 11.5 Å². The van der Waals surface area contributed by atoms with Gasteiger partial charge in [0.2, 0.25) is 5.91 Å². The summed E-state index contributed by atoms with van der Waals surface area (Å²) in [6.07, 6.45) is 5.11. The van der Waals surface area contributed by atoms with Crippen LogP contribution in [0.2, 0.25) is 0 Å². The number of aryl methyl sites for hydroxylation is 2. The van der Waals surface area contributed by atoms with Crippen LogP contribution in [0.3, 0.4) is 0 Å². The number of aromatic nitrogens is 3. The van der Waals surface area contributed by atoms with Crippen LogP contribution in [-0.4, -0.2) is 33.9 Å². The fraction of sp³-hybridized carbons (Fsp3) is 0.269. The van der Waals surface area contributed by atoms with Crippen LogP contribution in [-0.2, 0) is 4.79 Å². The van der Waals surface area contributed by atoms with Gasteiger partial charge in [-0.25, -0.2) is 9.97 Å². The van der Waals surface area contributed by atoms with E-state index in [0.717, 1.165) is 65.3 Å². The Morgan fingerprint density at radius 3 is 2.70 bits per heavy atom. The van der Waals surface area contributed by atoms with Crippen molar-refractivity contribution in [2.45, 2.75) is 26.7 Å². The molecule has 2 N–H and O–H groups in total. The monoisotopic (exact) mass is 441 g/mol. The molecule has 1 aliphatic rings. The van der Waals surface area contributed by atoms with Crippen molar-refractivity contribution in [2.24, 2.45) is 5.92 Å². The van der Waals surface area contributed by atoms with Crippen LogP contribution in [0, 0.1) is 19.8 Å². The van der Waals surface area contributed by atoms with Crippen LogP contribution in [0.15, 0.2) is 61.1 Å². The Labute approximate surface area is 192 Å². The number of fused-ring (bicyclic) bond motifs is 1. The number of ether oxygens (including phenoxy) is 1. The van der Waals surface area contributed by atoms with Crippen molar-refractivity contribution in [1.29, 1.82) is 0 Å². The molecule has 33 heavy (non-hydrogen) atoms. The molecule has 5 rings (SSSR count). The van der Waals surface area contributed by atoms with Gasteiger partial charge in [-0.05, 0) is 56.0 Å². The Kier molecular flexibility index (Phi) is 5.69. The first-order chi connectivity index (χ1) is 16.1. The highest BCUT2D eigenvalue weighted by Crippen LogP contribution is 2.30. The summed E-state index contributed by atoms with van der Waals surface area (Å²) in [4.78, 5) is 27.3. The largest absolute Gasteiger partial charge is 0.457 e. The zero-order chi connectivity index (χ0) is 22.8. The summed E-state index contributed by atoms with van der Waals surface area (Å²) in [5.41, 5.74) is 3.79. The number of carbonyl (C=O) groups is 1. The minimum absolute atomic E-state index is 0.0353. The number of carbonyl (C=O) groups excluding carboxylic acids is 1. The lowest BCUT2D eigenvalue weighted by atomic mass is 9.95. The van der Waals surface area contributed by atoms with E-state index in [2.05, 4.69) is 32.1 Å². The number of benzene rings is 2. The lowest BCUT2D eigenvalue weighted by Crippen LogP contribution is -2.38. The average molecular weight is 442 g/mol. The van der Waals surface area contributed by atoms with E-state index in [-0.39, 0.29) is 11.8 Å². The number of hydrogen-bond acceptors (Lipinski definition) is 5. The van der Waals surface area contributed by atoms with Crippen LogP contribution in [0.4, 0.5) is 11.5 Å². The molecule has 0 aliphatic carbocycles. The van der Waals surface area contributed by atoms with Crippen LogP contribution >= 0.6 is 0 Å². The normalized spacial score (nSPS) is 14.4. The van der Waals surface area contributed by atoms with Gasteiger partial charge in [-0.2, -0.15) is 0 Å². The van der Waals surface area contributed by atoms with Crippen LogP contribution < -0.4 is 15.0 Å². The molecule has 168 valence electrons. The number of para-hydroxylation sites is 1. The molecular formula is C26H27N5O2. The Morgan fingerprint density at radius 2 is 1.88 bits per heavy atom. The van der Waals surface area contributed by atoms with Gasteiger partial charge < -0.3 is 19.9 Å². The second-order valence-corrected chi connectivity index (χ2v) is 8.54. The van der Waals surface area contributed by atoms with Gasteiger partial charge in [-0.3, -0.25) is 4.79 Å². The van der Waals surface area contributed by atoms with Crippen molar-refractivity contribution in [3.63, 3.8) is 0 Å². The highest BCUT2D eigenvalue weighted by atomic mass is 16.5. The number of nitrogens with zero attached hydrogens (tertiary/aromatic N) is 3. The molecule has 0 spiro atoms. The van der Waals surface area contributed by atoms with Crippen molar-refractivity contribution < 1.29 is 9.53 Å². The predicted octanol–water partition coefficient (Wildman–Crippen LogP) is 5.22. The molecule has 7 heteroatoms. The molecule has 1 fully saturated rings. The van der Waals surface area contributed by atoms with E-state index in [1.165, 1.54) is 0 Å². The first-order valence-corrected chi connectivity index (χ1v) is 11.3. The van der Waals surface area contributed by atoms with Gasteiger partial charge in [0, 0.05) is 37.0 Å². The third kappa shape index (κ3) is 4.39. The summed E-state index contributed by atoms with van der Waals surface area (Å²) in [7, 11) is 0. The number of hydrogen-bond donors (Lipinski definition) is 2. The smallest absolute Gasteiger partial charge is 0.227 e. The Morgan fingerprint density at radius 1 is 1.06 bits per heavy atom. The van der Waals surface area contributed by atoms with Crippen LogP contribution in [0.25, 0.3) is 11.0 Å². The Hall–Kier alpha value is -3.87. The first kappa shape index (κ1) is 21.0. The summed E-state index contributed by atoms with van der Waals surface area (Å²) in [6.45, 7) is 5.64. The van der Waals surface area contributed by atoms with Gasteiger partial charge in [-0.15, -0.1) is 0 Å². The summed E-state index contributed by atoms with van der Waals surface area (Å²) in [6, 6.07) is 15.4. The fourth-order valence-corrected chi connectivity index (χ4v) is 4.37. The van der Waals surface area contributed by atoms with Crippen molar-refractivity contribution in [1.82, 2.24) is 15.0 Å². The van der Waals surface area contributed by atoms with Crippen molar-refractivity contribution in [2.75, 3.05) is 23.3 Å². The first-order valence-electron chi connectivity index (χ1n) is 11.3. The van der Waals surface area contributed by atoms with Gasteiger partial charge in [0.1, 0.15) is 29.3 Å². The number of piperidine rings is 1. The molecule has 0 bridgehead atoms. The van der Waals surface area contributed by atoms with Crippen molar-refractivity contribution in [3.8, 4) is 11.5 Å². The summed E-state index contributed by atoms with van der Waals surface area (Å²) >= 11 is 0. The minimum atomic E-state index is -0.0353. The highest BCUT2D eigenvalue weighted by Gasteiger charge is 2.27. The van der Waals surface area contributed by atoms with E-state index < -0.39 is 0 Å². The second kappa shape index (κ2) is 8.94. The van der Waals surface area contributed by atoms with Gasteiger partial charge in [-0.1, -0.05) is 24.3 Å². The summed E-state index contributed by atoms with van der Waals surface area (Å²) in [5.74, 6) is 2.47. The van der Waals surface area contributed by atoms with E-state index in [9.17, 15) is 4.79 Å². The summed E-state index contributed by atoms with van der Waals surface area (Å²) < 4.78 is 6.01. The van der Waals surface area contributed by atoms with Crippen molar-refractivity contribution in [3.05, 3.63) is 72.2 Å². The molecule has 2 aromatic heterocycles. The maximum absolute atomic E-state index is 13.0. The number of rotatable bonds is 5. The van der Waals surface area contributed by atoms with Gasteiger partial charge >= 0.3 is 0 Å². The minimum Gasteiger partial charge on any atom is -0.457 e. The molecule has 1 aliphatic heterocycles. The molecule has 7 nitrogen and oxygen atoms in total. The molecule has 0 saturated carbocycles. The number of aromatic amines is 1. The summed E-state index contributed by atoms with van der Waals surface area (Å²) in [5, 5.41) is 4.13. The fourth-order valence-electron chi connectivity index (χ4n) is 4.37. The van der Waals surface area contributed by atoms with E-state index >= 15 is 0 Å². The van der Waals surface area contributed by atoms with Gasteiger partial charge in [0.25, 0.3) is 0 Å². The molecule has 0 atom stereocenters. The number of nitrogens with one attached hydrogen (secondary N) is 2. The second-order valence-electron chi connectivity index (χ2n) is 8.54.